The Hall–Kier alpha value is -3.58. The number of pyridine rings is 1. The third-order valence-electron chi connectivity index (χ3n) is 5.18. The van der Waals surface area contributed by atoms with Gasteiger partial charge in [-0.25, -0.2) is 36.5 Å². The number of methoxy groups -OCH3 is 2. The van der Waals surface area contributed by atoms with Crippen LogP contribution in [0.3, 0.4) is 0 Å². The van der Waals surface area contributed by atoms with Crippen LogP contribution in [0, 0.1) is 17.5 Å². The fourth-order valence-corrected chi connectivity index (χ4v) is 4.16. The smallest absolute Gasteiger partial charge is 0.322 e. The Labute approximate surface area is 186 Å². The van der Waals surface area contributed by atoms with Gasteiger partial charge in [0.25, 0.3) is 0 Å². The molecule has 2 amide bonds. The number of benzene rings is 2. The van der Waals surface area contributed by atoms with Gasteiger partial charge in [-0.15, -0.1) is 0 Å². The third-order valence-corrected chi connectivity index (χ3v) is 6.07. The van der Waals surface area contributed by atoms with Crippen molar-refractivity contribution in [1.82, 2.24) is 10.3 Å². The first-order chi connectivity index (χ1) is 15.5. The highest BCUT2D eigenvalue weighted by Gasteiger charge is 2.32. The second-order valence-electron chi connectivity index (χ2n) is 7.11. The van der Waals surface area contributed by atoms with E-state index in [1.165, 1.54) is 20.3 Å². The number of carbonyl (C=O) groups is 1. The molecule has 174 valence electrons. The number of carbonyl (C=O) groups excluding carboxylic acids is 1. The molecule has 0 saturated carbocycles. The molecule has 3 N–H and O–H groups in total. The summed E-state index contributed by atoms with van der Waals surface area (Å²) in [4.78, 5) is 17.3. The van der Waals surface area contributed by atoms with Crippen LogP contribution in [0.25, 0.3) is 10.9 Å². The second kappa shape index (κ2) is 8.08. The lowest BCUT2D eigenvalue weighted by Gasteiger charge is -2.32. The molecule has 1 aliphatic heterocycles. The molecule has 0 radical (unpaired) electrons. The van der Waals surface area contributed by atoms with Crippen molar-refractivity contribution in [3.05, 3.63) is 52.8 Å². The molecular formula is C20H17F3N4O5S. The van der Waals surface area contributed by atoms with Crippen molar-refractivity contribution < 1.29 is 35.9 Å². The molecule has 0 aliphatic carbocycles. The lowest BCUT2D eigenvalue weighted by atomic mass is 10.0. The number of fused-ring (bicyclic) bond motifs is 3. The zero-order valence-corrected chi connectivity index (χ0v) is 18.1. The molecule has 1 aliphatic rings. The molecule has 1 aromatic heterocycles. The highest BCUT2D eigenvalue weighted by atomic mass is 32.2. The van der Waals surface area contributed by atoms with Crippen LogP contribution >= 0.6 is 0 Å². The van der Waals surface area contributed by atoms with E-state index < -0.39 is 50.5 Å². The molecule has 13 heteroatoms. The Morgan fingerprint density at radius 1 is 1.09 bits per heavy atom. The van der Waals surface area contributed by atoms with Crippen LogP contribution in [-0.2, 0) is 23.1 Å². The maximum atomic E-state index is 14.7. The first-order valence-corrected chi connectivity index (χ1v) is 10.9. The second-order valence-corrected chi connectivity index (χ2v) is 8.67. The summed E-state index contributed by atoms with van der Waals surface area (Å²) in [6.45, 7) is -0.670. The topological polar surface area (TPSA) is 124 Å². The molecule has 0 saturated heterocycles. The van der Waals surface area contributed by atoms with E-state index in [-0.39, 0.29) is 34.8 Å². The largest absolute Gasteiger partial charge is 0.494 e. The van der Waals surface area contributed by atoms with Crippen molar-refractivity contribution in [3.8, 4) is 11.6 Å². The SMILES string of the molecule is COc1cc2nc(OC)c3c(c2cc1F)N(Cc1c(F)cc(S(N)(=O)=O)cc1F)C(=O)NC3. The maximum Gasteiger partial charge on any atom is 0.322 e. The van der Waals surface area contributed by atoms with Crippen molar-refractivity contribution in [2.75, 3.05) is 19.1 Å². The zero-order valence-electron chi connectivity index (χ0n) is 17.3. The maximum absolute atomic E-state index is 14.7. The van der Waals surface area contributed by atoms with Gasteiger partial charge < -0.3 is 14.8 Å². The number of hydrogen-bond acceptors (Lipinski definition) is 6. The minimum Gasteiger partial charge on any atom is -0.494 e. The van der Waals surface area contributed by atoms with E-state index in [9.17, 15) is 26.4 Å². The van der Waals surface area contributed by atoms with Crippen LogP contribution < -0.4 is 24.8 Å². The van der Waals surface area contributed by atoms with Crippen molar-refractivity contribution in [2.45, 2.75) is 18.0 Å². The lowest BCUT2D eigenvalue weighted by molar-refractivity contribution is 0.244. The molecule has 0 unspecified atom stereocenters. The van der Waals surface area contributed by atoms with Crippen molar-refractivity contribution >= 4 is 32.6 Å². The number of sulfonamides is 1. The molecule has 3 aromatic rings. The van der Waals surface area contributed by atoms with E-state index in [2.05, 4.69) is 10.3 Å². The van der Waals surface area contributed by atoms with Gasteiger partial charge in [0.15, 0.2) is 11.6 Å². The summed E-state index contributed by atoms with van der Waals surface area (Å²) in [6.07, 6.45) is 0. The number of nitrogens with two attached hydrogens (primary N) is 1. The molecule has 0 bridgehead atoms. The minimum absolute atomic E-state index is 0.0280. The number of urea groups is 1. The van der Waals surface area contributed by atoms with E-state index in [0.29, 0.717) is 17.7 Å². The molecular weight excluding hydrogens is 465 g/mol. The fraction of sp³-hybridized carbons (Fsp3) is 0.200. The first-order valence-electron chi connectivity index (χ1n) is 9.35. The summed E-state index contributed by atoms with van der Waals surface area (Å²) in [6, 6.07) is 2.81. The highest BCUT2D eigenvalue weighted by Crippen LogP contribution is 2.40. The number of amides is 2. The van der Waals surface area contributed by atoms with Crippen LogP contribution in [0.4, 0.5) is 23.7 Å². The molecule has 2 heterocycles. The minimum atomic E-state index is -4.36. The number of nitrogens with zero attached hydrogens (tertiary/aromatic N) is 2. The molecule has 4 rings (SSSR count). The van der Waals surface area contributed by atoms with Gasteiger partial charge in [-0.1, -0.05) is 0 Å². The summed E-state index contributed by atoms with van der Waals surface area (Å²) in [7, 11) is -1.73. The highest BCUT2D eigenvalue weighted by molar-refractivity contribution is 7.89. The summed E-state index contributed by atoms with van der Waals surface area (Å²) in [5.41, 5.74) is 0.116. The van der Waals surface area contributed by atoms with Gasteiger partial charge in [0.1, 0.15) is 11.6 Å². The Balaban J connectivity index is 1.93. The van der Waals surface area contributed by atoms with Crippen LogP contribution in [0.15, 0.2) is 29.2 Å². The number of ether oxygens (including phenoxy) is 2. The summed E-state index contributed by atoms with van der Waals surface area (Å²) in [5, 5.41) is 7.67. The quantitative estimate of drug-likeness (QED) is 0.576. The van der Waals surface area contributed by atoms with E-state index in [1.807, 2.05) is 0 Å². The predicted octanol–water partition coefficient (Wildman–Crippen LogP) is 2.55. The predicted molar refractivity (Wildman–Crippen MR) is 111 cm³/mol. The van der Waals surface area contributed by atoms with E-state index in [0.717, 1.165) is 11.0 Å². The van der Waals surface area contributed by atoms with Gasteiger partial charge in [0, 0.05) is 17.0 Å². The van der Waals surface area contributed by atoms with Crippen LogP contribution in [0.5, 0.6) is 11.6 Å². The average molecular weight is 482 g/mol. The Bertz CT molecular complexity index is 1390. The number of rotatable bonds is 5. The summed E-state index contributed by atoms with van der Waals surface area (Å²) >= 11 is 0. The van der Waals surface area contributed by atoms with Gasteiger partial charge in [0.2, 0.25) is 15.9 Å². The number of aromatic nitrogens is 1. The number of hydrogen-bond donors (Lipinski definition) is 2. The van der Waals surface area contributed by atoms with E-state index >= 15 is 0 Å². The van der Waals surface area contributed by atoms with Crippen molar-refractivity contribution in [3.63, 3.8) is 0 Å². The number of halogens is 3. The van der Waals surface area contributed by atoms with Gasteiger partial charge >= 0.3 is 6.03 Å². The summed E-state index contributed by atoms with van der Waals surface area (Å²) in [5.74, 6) is -3.17. The Kier molecular flexibility index (Phi) is 5.54. The van der Waals surface area contributed by atoms with Gasteiger partial charge in [0.05, 0.1) is 49.0 Å². The molecule has 0 spiro atoms. The van der Waals surface area contributed by atoms with Gasteiger partial charge in [-0.2, -0.15) is 0 Å². The van der Waals surface area contributed by atoms with E-state index in [1.54, 1.807) is 0 Å². The van der Waals surface area contributed by atoms with Crippen LogP contribution in [-0.4, -0.2) is 33.7 Å². The fourth-order valence-electron chi connectivity index (χ4n) is 3.62. The van der Waals surface area contributed by atoms with Crippen molar-refractivity contribution in [2.24, 2.45) is 5.14 Å². The average Bonchev–Trinajstić information content (AvgIpc) is 2.75. The number of nitrogens with one attached hydrogen (secondary N) is 1. The Morgan fingerprint density at radius 3 is 2.33 bits per heavy atom. The molecule has 0 fully saturated rings. The molecule has 33 heavy (non-hydrogen) atoms. The normalized spacial score (nSPS) is 13.6. The van der Waals surface area contributed by atoms with Gasteiger partial charge in [-0.3, -0.25) is 4.90 Å². The third kappa shape index (κ3) is 3.89. The first kappa shape index (κ1) is 22.6. The van der Waals surface area contributed by atoms with Gasteiger partial charge in [-0.05, 0) is 18.2 Å². The van der Waals surface area contributed by atoms with E-state index in [4.69, 9.17) is 14.6 Å². The molecule has 9 nitrogen and oxygen atoms in total. The Morgan fingerprint density at radius 2 is 1.76 bits per heavy atom. The summed E-state index contributed by atoms with van der Waals surface area (Å²) < 4.78 is 77.1. The number of anilines is 1. The van der Waals surface area contributed by atoms with Crippen LogP contribution in [0.1, 0.15) is 11.1 Å². The zero-order chi connectivity index (χ0) is 24.1. The standard InChI is InChI=1S/C20H17F3N4O5S/c1-31-17-6-16-10(5-15(17)23)18-11(19(26-16)32-2)7-25-20(28)27(18)8-12-13(21)3-9(4-14(12)22)33(24,29)30/h3-6H,7-8H2,1-2H3,(H,25,28)(H2,24,29,30). The monoisotopic (exact) mass is 482 g/mol. The van der Waals surface area contributed by atoms with Crippen LogP contribution in [0.2, 0.25) is 0 Å². The molecule has 2 aromatic carbocycles. The van der Waals surface area contributed by atoms with Crippen molar-refractivity contribution in [1.29, 1.82) is 0 Å². The molecule has 0 atom stereocenters. The lowest BCUT2D eigenvalue weighted by Crippen LogP contribution is -2.44. The number of primary sulfonamides is 1.